The number of carbonyl (C=O) groups excluding carboxylic acids is 2. The fraction of sp³-hybridized carbons (Fsp3) is 0.500. The Morgan fingerprint density at radius 3 is 3.00 bits per heavy atom. The summed E-state index contributed by atoms with van der Waals surface area (Å²) in [6, 6.07) is 0.166. The molecule has 3 N–H and O–H groups in total. The van der Waals surface area contributed by atoms with Crippen molar-refractivity contribution in [1.82, 2.24) is 25.2 Å². The Bertz CT molecular complexity index is 895. The minimum absolute atomic E-state index is 0.0390. The molecule has 0 spiro atoms. The normalized spacial score (nSPS) is 20.3. The Balaban J connectivity index is 1.71. The zero-order valence-electron chi connectivity index (χ0n) is 17.1. The van der Waals surface area contributed by atoms with E-state index in [-0.39, 0.29) is 29.9 Å². The van der Waals surface area contributed by atoms with Crippen LogP contribution in [0.5, 0.6) is 0 Å². The van der Waals surface area contributed by atoms with Crippen molar-refractivity contribution in [2.24, 2.45) is 0 Å². The number of ether oxygens (including phenoxy) is 1. The number of nitrogens with one attached hydrogen (secondary N) is 3. The lowest BCUT2D eigenvalue weighted by molar-refractivity contribution is -0.129. The van der Waals surface area contributed by atoms with E-state index in [1.807, 2.05) is 18.7 Å². The summed E-state index contributed by atoms with van der Waals surface area (Å²) in [5.41, 5.74) is 1.52. The van der Waals surface area contributed by atoms with Gasteiger partial charge in [-0.15, -0.1) is 0 Å². The Labute approximate surface area is 169 Å². The lowest BCUT2D eigenvalue weighted by atomic mass is 9.98. The Morgan fingerprint density at radius 2 is 2.31 bits per heavy atom. The number of methoxy groups -OCH3 is 1. The zero-order chi connectivity index (χ0) is 21.0. The third-order valence-corrected chi connectivity index (χ3v) is 5.11. The molecule has 1 aliphatic heterocycles. The number of nitrogens with zero attached hydrogens (tertiary/aromatic N) is 3. The van der Waals surface area contributed by atoms with Gasteiger partial charge in [-0.2, -0.15) is 0 Å². The fourth-order valence-electron chi connectivity index (χ4n) is 3.68. The van der Waals surface area contributed by atoms with Gasteiger partial charge in [0.1, 0.15) is 11.3 Å². The molecule has 9 heteroatoms. The van der Waals surface area contributed by atoms with Crippen LogP contribution in [0.4, 0.5) is 5.82 Å². The summed E-state index contributed by atoms with van der Waals surface area (Å²) in [7, 11) is 1.59. The predicted molar refractivity (Wildman–Crippen MR) is 111 cm³/mol. The molecule has 2 amide bonds. The number of H-pyrrole nitrogens is 1. The molecular formula is C20H28N6O3. The van der Waals surface area contributed by atoms with Crippen LogP contribution in [0.1, 0.15) is 37.0 Å². The second kappa shape index (κ2) is 9.04. The molecule has 0 radical (unpaired) electrons. The standard InChI is InChI=1S/C20H28N6O3/c1-5-17(27)26-7-6-14(8-13(26)3)24-16-10-22-19-18(25-16)15(9-21-19)20(28)23-12(2)11-29-4/h5,9-10,12-14H,1,6-8,11H2,2-4H3,(H,21,22)(H,23,28)(H,24,25)/t12-,13-,14-/m1/s1. The number of likely N-dealkylation sites (tertiary alicyclic amines) is 1. The Morgan fingerprint density at radius 1 is 1.52 bits per heavy atom. The number of rotatable bonds is 7. The summed E-state index contributed by atoms with van der Waals surface area (Å²) in [6.45, 7) is 8.56. The molecule has 2 aromatic heterocycles. The van der Waals surface area contributed by atoms with Crippen LogP contribution in [0.2, 0.25) is 0 Å². The molecule has 3 rings (SSSR count). The average molecular weight is 400 g/mol. The molecule has 29 heavy (non-hydrogen) atoms. The summed E-state index contributed by atoms with van der Waals surface area (Å²) in [5.74, 6) is 0.344. The monoisotopic (exact) mass is 400 g/mol. The number of fused-ring (bicyclic) bond motifs is 1. The third-order valence-electron chi connectivity index (χ3n) is 5.11. The maximum absolute atomic E-state index is 12.6. The maximum atomic E-state index is 12.6. The molecule has 9 nitrogen and oxygen atoms in total. The Hall–Kier alpha value is -2.94. The van der Waals surface area contributed by atoms with Crippen molar-refractivity contribution in [1.29, 1.82) is 0 Å². The number of anilines is 1. The van der Waals surface area contributed by atoms with E-state index in [0.717, 1.165) is 12.8 Å². The van der Waals surface area contributed by atoms with Crippen molar-refractivity contribution in [2.75, 3.05) is 25.6 Å². The molecule has 156 valence electrons. The van der Waals surface area contributed by atoms with Crippen LogP contribution >= 0.6 is 0 Å². The van der Waals surface area contributed by atoms with E-state index >= 15 is 0 Å². The second-order valence-electron chi connectivity index (χ2n) is 7.44. The highest BCUT2D eigenvalue weighted by atomic mass is 16.5. The van der Waals surface area contributed by atoms with Crippen LogP contribution in [0.3, 0.4) is 0 Å². The van der Waals surface area contributed by atoms with Gasteiger partial charge in [-0.1, -0.05) is 6.58 Å². The topological polar surface area (TPSA) is 112 Å². The lowest BCUT2D eigenvalue weighted by Gasteiger charge is -2.37. The number of aromatic nitrogens is 3. The van der Waals surface area contributed by atoms with Gasteiger partial charge in [0.2, 0.25) is 5.91 Å². The quantitative estimate of drug-likeness (QED) is 0.610. The van der Waals surface area contributed by atoms with Crippen LogP contribution in [0, 0.1) is 0 Å². The van der Waals surface area contributed by atoms with Crippen molar-refractivity contribution in [3.8, 4) is 0 Å². The smallest absolute Gasteiger partial charge is 0.255 e. The van der Waals surface area contributed by atoms with E-state index in [0.29, 0.717) is 35.7 Å². The van der Waals surface area contributed by atoms with Crippen molar-refractivity contribution in [3.63, 3.8) is 0 Å². The highest BCUT2D eigenvalue weighted by molar-refractivity contribution is 6.04. The van der Waals surface area contributed by atoms with E-state index < -0.39 is 0 Å². The van der Waals surface area contributed by atoms with Crippen LogP contribution < -0.4 is 10.6 Å². The first-order valence-electron chi connectivity index (χ1n) is 9.76. The van der Waals surface area contributed by atoms with E-state index in [4.69, 9.17) is 4.74 Å². The van der Waals surface area contributed by atoms with Crippen LogP contribution in [0.15, 0.2) is 25.0 Å². The second-order valence-corrected chi connectivity index (χ2v) is 7.44. The molecule has 2 aromatic rings. The zero-order valence-corrected chi connectivity index (χ0v) is 17.1. The predicted octanol–water partition coefficient (Wildman–Crippen LogP) is 1.70. The first-order chi connectivity index (χ1) is 13.9. The van der Waals surface area contributed by atoms with Crippen molar-refractivity contribution >= 4 is 28.8 Å². The highest BCUT2D eigenvalue weighted by Gasteiger charge is 2.28. The van der Waals surface area contributed by atoms with Gasteiger partial charge in [-0.25, -0.2) is 9.97 Å². The van der Waals surface area contributed by atoms with E-state index in [1.54, 1.807) is 19.5 Å². The first-order valence-corrected chi connectivity index (χ1v) is 9.76. The van der Waals surface area contributed by atoms with Crippen LogP contribution in [0.25, 0.3) is 11.2 Å². The largest absolute Gasteiger partial charge is 0.383 e. The molecule has 1 fully saturated rings. The number of amides is 2. The molecule has 1 saturated heterocycles. The van der Waals surface area contributed by atoms with Gasteiger partial charge >= 0.3 is 0 Å². The summed E-state index contributed by atoms with van der Waals surface area (Å²) in [4.78, 5) is 38.3. The SMILES string of the molecule is C=CC(=O)N1CC[C@@H](Nc2cnc3[nH]cc(C(=O)N[C@H](C)COC)c3n2)C[C@H]1C. The van der Waals surface area contributed by atoms with E-state index in [1.165, 1.54) is 6.08 Å². The third kappa shape index (κ3) is 4.73. The molecule has 0 aliphatic carbocycles. The van der Waals surface area contributed by atoms with E-state index in [9.17, 15) is 9.59 Å². The molecule has 0 saturated carbocycles. The summed E-state index contributed by atoms with van der Waals surface area (Å²) < 4.78 is 5.06. The molecule has 0 aromatic carbocycles. The number of piperidine rings is 1. The fourth-order valence-corrected chi connectivity index (χ4v) is 3.68. The maximum Gasteiger partial charge on any atom is 0.255 e. The van der Waals surface area contributed by atoms with Gasteiger partial charge in [0.05, 0.1) is 18.4 Å². The minimum Gasteiger partial charge on any atom is -0.383 e. The van der Waals surface area contributed by atoms with Crippen molar-refractivity contribution < 1.29 is 14.3 Å². The van der Waals surface area contributed by atoms with Gasteiger partial charge in [0, 0.05) is 38.0 Å². The molecular weight excluding hydrogens is 372 g/mol. The van der Waals surface area contributed by atoms with Crippen LogP contribution in [-0.2, 0) is 9.53 Å². The van der Waals surface area contributed by atoms with Gasteiger partial charge in [-0.3, -0.25) is 9.59 Å². The van der Waals surface area contributed by atoms with Gasteiger partial charge in [-0.05, 0) is 32.8 Å². The van der Waals surface area contributed by atoms with Crippen LogP contribution in [-0.4, -0.2) is 70.1 Å². The first kappa shape index (κ1) is 20.8. The molecule has 3 heterocycles. The van der Waals surface area contributed by atoms with Crippen molar-refractivity contribution in [3.05, 3.63) is 30.6 Å². The number of hydrogen-bond donors (Lipinski definition) is 3. The number of carbonyl (C=O) groups is 2. The summed E-state index contributed by atoms with van der Waals surface area (Å²) in [5, 5.41) is 6.28. The van der Waals surface area contributed by atoms with Gasteiger partial charge in [0.25, 0.3) is 5.91 Å². The van der Waals surface area contributed by atoms with Gasteiger partial charge in [0.15, 0.2) is 5.65 Å². The molecule has 0 unspecified atom stereocenters. The Kier molecular flexibility index (Phi) is 6.48. The van der Waals surface area contributed by atoms with E-state index in [2.05, 4.69) is 32.2 Å². The van der Waals surface area contributed by atoms with Gasteiger partial charge < -0.3 is 25.3 Å². The number of hydrogen-bond acceptors (Lipinski definition) is 6. The minimum atomic E-state index is -0.225. The molecule has 3 atom stereocenters. The lowest BCUT2D eigenvalue weighted by Crippen LogP contribution is -2.47. The molecule has 1 aliphatic rings. The average Bonchev–Trinajstić information content (AvgIpc) is 3.11. The highest BCUT2D eigenvalue weighted by Crippen LogP contribution is 2.22. The number of aromatic amines is 1. The summed E-state index contributed by atoms with van der Waals surface area (Å²) >= 11 is 0. The van der Waals surface area contributed by atoms with Crippen molar-refractivity contribution in [2.45, 2.75) is 44.8 Å². The molecule has 0 bridgehead atoms. The summed E-state index contributed by atoms with van der Waals surface area (Å²) in [6.07, 6.45) is 6.23.